The minimum Gasteiger partial charge on any atom is -0.298 e. The molecule has 2 N–H and O–H groups in total. The molecule has 0 aromatic carbocycles. The average molecular weight is 85.1 g/mol. The first-order valence-electron chi connectivity index (χ1n) is 2.21. The molecule has 0 amide bonds. The summed E-state index contributed by atoms with van der Waals surface area (Å²) < 4.78 is 0. The van der Waals surface area contributed by atoms with Crippen molar-refractivity contribution in [2.24, 2.45) is 0 Å². The van der Waals surface area contributed by atoms with Crippen LogP contribution >= 0.6 is 0 Å². The molecule has 0 aromatic heterocycles. The Kier molecular flexibility index (Phi) is 1.08. The first-order chi connectivity index (χ1) is 2.89. The van der Waals surface area contributed by atoms with Gasteiger partial charge in [-0.2, -0.15) is 0 Å². The van der Waals surface area contributed by atoms with E-state index in [1.807, 2.05) is 6.67 Å². The Balaban J connectivity index is 2.18. The maximum Gasteiger partial charge on any atom is 0.0869 e. The summed E-state index contributed by atoms with van der Waals surface area (Å²) in [5.74, 6) is 0. The van der Waals surface area contributed by atoms with Gasteiger partial charge in [-0.05, 0) is 6.92 Å². The highest BCUT2D eigenvalue weighted by Gasteiger charge is 2.04. The molecule has 1 heterocycles. The van der Waals surface area contributed by atoms with Gasteiger partial charge in [-0.25, -0.2) is 0 Å². The maximum absolute atomic E-state index is 3.08. The highest BCUT2D eigenvalue weighted by atomic mass is 15.2. The topological polar surface area (TPSA) is 24.1 Å². The van der Waals surface area contributed by atoms with E-state index >= 15 is 0 Å². The van der Waals surface area contributed by atoms with E-state index in [1.54, 1.807) is 0 Å². The Labute approximate surface area is 37.9 Å². The molecule has 1 aliphatic heterocycles. The van der Waals surface area contributed by atoms with E-state index in [4.69, 9.17) is 0 Å². The summed E-state index contributed by atoms with van der Waals surface area (Å²) in [5, 5.41) is 6.12. The molecule has 35 valence electrons. The second kappa shape index (κ2) is 1.58. The van der Waals surface area contributed by atoms with Crippen LogP contribution in [-0.4, -0.2) is 12.6 Å². The van der Waals surface area contributed by atoms with Crippen molar-refractivity contribution in [1.29, 1.82) is 0 Å². The fourth-order valence-electron chi connectivity index (χ4n) is 0.496. The number of hydrogen-bond donors (Lipinski definition) is 2. The van der Waals surface area contributed by atoms with E-state index in [0.29, 0.717) is 6.04 Å². The third-order valence-corrected chi connectivity index (χ3v) is 0.894. The number of rotatable bonds is 0. The number of nitrogens with one attached hydrogen (secondary N) is 2. The smallest absolute Gasteiger partial charge is 0.0869 e. The molecule has 0 spiro atoms. The zero-order valence-corrected chi connectivity index (χ0v) is 3.86. The third kappa shape index (κ3) is 0.698. The predicted molar refractivity (Wildman–Crippen MR) is 24.9 cm³/mol. The van der Waals surface area contributed by atoms with E-state index in [-0.39, 0.29) is 0 Å². The molecular weight excluding hydrogens is 76.1 g/mol. The summed E-state index contributed by atoms with van der Waals surface area (Å²) in [6, 6.07) is 0.630. The molecule has 0 aromatic rings. The Morgan fingerprint density at radius 1 is 1.83 bits per heavy atom. The highest BCUT2D eigenvalue weighted by Crippen LogP contribution is 1.84. The summed E-state index contributed by atoms with van der Waals surface area (Å²) in [7, 11) is 0. The largest absolute Gasteiger partial charge is 0.298 e. The average Bonchev–Trinajstić information content (AvgIpc) is 1.86. The Morgan fingerprint density at radius 2 is 2.67 bits per heavy atom. The molecule has 1 aliphatic rings. The quantitative estimate of drug-likeness (QED) is 0.421. The van der Waals surface area contributed by atoms with Gasteiger partial charge < -0.3 is 0 Å². The molecule has 0 bridgehead atoms. The second-order valence-corrected chi connectivity index (χ2v) is 1.62. The predicted octanol–water partition coefficient (Wildman–Crippen LogP) is -0.313. The normalized spacial score (nSPS) is 34.5. The van der Waals surface area contributed by atoms with Crippen molar-refractivity contribution in [3.8, 4) is 0 Å². The van der Waals surface area contributed by atoms with E-state index in [2.05, 4.69) is 17.6 Å². The molecule has 1 rings (SSSR count). The molecule has 1 saturated heterocycles. The highest BCUT2D eigenvalue weighted by molar-refractivity contribution is 4.77. The van der Waals surface area contributed by atoms with Crippen LogP contribution in [0.25, 0.3) is 0 Å². The molecule has 1 radical (unpaired) electrons. The van der Waals surface area contributed by atoms with Crippen LogP contribution in [0.1, 0.15) is 6.92 Å². The first-order valence-corrected chi connectivity index (χ1v) is 2.21. The van der Waals surface area contributed by atoms with Gasteiger partial charge in [0.2, 0.25) is 0 Å². The van der Waals surface area contributed by atoms with Crippen LogP contribution in [0.5, 0.6) is 0 Å². The Hall–Kier alpha value is -0.0800. The van der Waals surface area contributed by atoms with Crippen molar-refractivity contribution in [2.75, 3.05) is 6.54 Å². The van der Waals surface area contributed by atoms with Crippen LogP contribution in [0, 0.1) is 6.67 Å². The van der Waals surface area contributed by atoms with Gasteiger partial charge in [-0.1, -0.05) is 0 Å². The summed E-state index contributed by atoms with van der Waals surface area (Å²) in [6.45, 7) is 5.08. The monoisotopic (exact) mass is 85.1 g/mol. The van der Waals surface area contributed by atoms with Gasteiger partial charge in [0.1, 0.15) is 0 Å². The first kappa shape index (κ1) is 4.09. The van der Waals surface area contributed by atoms with Crippen LogP contribution in [0.4, 0.5) is 0 Å². The molecular formula is C4H9N2. The lowest BCUT2D eigenvalue weighted by Crippen LogP contribution is -2.16. The Bertz CT molecular complexity index is 38.8. The van der Waals surface area contributed by atoms with Gasteiger partial charge in [-0.3, -0.25) is 10.6 Å². The molecule has 6 heavy (non-hydrogen) atoms. The van der Waals surface area contributed by atoms with E-state index in [1.165, 1.54) is 0 Å². The molecule has 1 atom stereocenters. The second-order valence-electron chi connectivity index (χ2n) is 1.62. The van der Waals surface area contributed by atoms with Gasteiger partial charge in [0.15, 0.2) is 0 Å². The molecule has 0 saturated carbocycles. The van der Waals surface area contributed by atoms with E-state index in [9.17, 15) is 0 Å². The molecule has 1 unspecified atom stereocenters. The van der Waals surface area contributed by atoms with Gasteiger partial charge in [0, 0.05) is 12.6 Å². The molecule has 2 heteroatoms. The standard InChI is InChI=1S/C4H9N2/c1-4-2-5-3-6-4/h3-6H,2H2,1H3. The van der Waals surface area contributed by atoms with E-state index in [0.717, 1.165) is 6.54 Å². The lowest BCUT2D eigenvalue weighted by molar-refractivity contribution is 0.713. The third-order valence-electron chi connectivity index (χ3n) is 0.894. The summed E-state index contributed by atoms with van der Waals surface area (Å²) >= 11 is 0. The van der Waals surface area contributed by atoms with E-state index < -0.39 is 0 Å². The van der Waals surface area contributed by atoms with Crippen LogP contribution in [0.15, 0.2) is 0 Å². The van der Waals surface area contributed by atoms with Crippen LogP contribution in [0.3, 0.4) is 0 Å². The SMILES string of the molecule is CC1CN[CH]N1. The van der Waals surface area contributed by atoms with Gasteiger partial charge in [0.25, 0.3) is 0 Å². The van der Waals surface area contributed by atoms with Crippen molar-refractivity contribution in [2.45, 2.75) is 13.0 Å². The minimum absolute atomic E-state index is 0.630. The zero-order valence-electron chi connectivity index (χ0n) is 3.86. The van der Waals surface area contributed by atoms with Crippen LogP contribution < -0.4 is 10.6 Å². The van der Waals surface area contributed by atoms with Crippen LogP contribution in [0.2, 0.25) is 0 Å². The van der Waals surface area contributed by atoms with Crippen LogP contribution in [-0.2, 0) is 0 Å². The van der Waals surface area contributed by atoms with Gasteiger partial charge in [-0.15, -0.1) is 0 Å². The summed E-state index contributed by atoms with van der Waals surface area (Å²) in [4.78, 5) is 0. The summed E-state index contributed by atoms with van der Waals surface area (Å²) in [5.41, 5.74) is 0. The number of hydrogen-bond acceptors (Lipinski definition) is 2. The lowest BCUT2D eigenvalue weighted by Gasteiger charge is -1.93. The van der Waals surface area contributed by atoms with Crippen molar-refractivity contribution in [3.05, 3.63) is 6.67 Å². The van der Waals surface area contributed by atoms with Gasteiger partial charge >= 0.3 is 0 Å². The lowest BCUT2D eigenvalue weighted by atomic mass is 10.4. The molecule has 2 nitrogen and oxygen atoms in total. The fourth-order valence-corrected chi connectivity index (χ4v) is 0.496. The maximum atomic E-state index is 3.08. The minimum atomic E-state index is 0.630. The van der Waals surface area contributed by atoms with Crippen molar-refractivity contribution in [1.82, 2.24) is 10.6 Å². The van der Waals surface area contributed by atoms with Crippen molar-refractivity contribution < 1.29 is 0 Å². The zero-order chi connectivity index (χ0) is 4.41. The van der Waals surface area contributed by atoms with Crippen molar-refractivity contribution in [3.63, 3.8) is 0 Å². The van der Waals surface area contributed by atoms with Crippen molar-refractivity contribution >= 4 is 0 Å². The summed E-state index contributed by atoms with van der Waals surface area (Å²) in [6.07, 6.45) is 0. The molecule has 1 fully saturated rings. The fraction of sp³-hybridized carbons (Fsp3) is 0.750. The van der Waals surface area contributed by atoms with Gasteiger partial charge in [0.05, 0.1) is 6.67 Å². The molecule has 0 aliphatic carbocycles. The Morgan fingerprint density at radius 3 is 2.83 bits per heavy atom.